The van der Waals surface area contributed by atoms with Gasteiger partial charge in [-0.05, 0) is 20.3 Å². The third-order valence-corrected chi connectivity index (χ3v) is 3.73. The minimum Gasteiger partial charge on any atom is -0.389 e. The number of hydrogen-bond acceptors (Lipinski definition) is 3. The Balaban J connectivity index is 2.47. The highest BCUT2D eigenvalue weighted by atomic mass is 16.3. The molecular formula is C14H28N2O2. The highest BCUT2D eigenvalue weighted by Gasteiger charge is 2.32. The minimum absolute atomic E-state index is 0.252. The molecule has 106 valence electrons. The summed E-state index contributed by atoms with van der Waals surface area (Å²) < 4.78 is 0. The predicted molar refractivity (Wildman–Crippen MR) is 73.4 cm³/mol. The van der Waals surface area contributed by atoms with Crippen molar-refractivity contribution in [2.24, 2.45) is 5.41 Å². The molecule has 1 heterocycles. The summed E-state index contributed by atoms with van der Waals surface area (Å²) >= 11 is 0. The van der Waals surface area contributed by atoms with E-state index in [1.807, 2.05) is 32.6 Å². The molecular weight excluding hydrogens is 228 g/mol. The van der Waals surface area contributed by atoms with Crippen molar-refractivity contribution >= 4 is 5.91 Å². The van der Waals surface area contributed by atoms with Crippen LogP contribution in [-0.2, 0) is 4.79 Å². The van der Waals surface area contributed by atoms with E-state index in [-0.39, 0.29) is 11.3 Å². The monoisotopic (exact) mass is 256 g/mol. The molecule has 18 heavy (non-hydrogen) atoms. The molecule has 0 radical (unpaired) electrons. The van der Waals surface area contributed by atoms with E-state index >= 15 is 0 Å². The molecule has 0 aromatic rings. The van der Waals surface area contributed by atoms with Crippen LogP contribution in [-0.4, -0.2) is 59.1 Å². The SMILES string of the molecule is CCC(C)(C)C(=O)N1CCN(CC(C)(C)O)CC1. The Morgan fingerprint density at radius 1 is 1.11 bits per heavy atom. The first-order chi connectivity index (χ1) is 8.15. The zero-order valence-corrected chi connectivity index (χ0v) is 12.5. The van der Waals surface area contributed by atoms with Crippen LogP contribution in [0.4, 0.5) is 0 Å². The maximum atomic E-state index is 12.3. The minimum atomic E-state index is -0.658. The molecule has 0 atom stereocenters. The van der Waals surface area contributed by atoms with E-state index in [1.54, 1.807) is 0 Å². The number of amides is 1. The number of carbonyl (C=O) groups is 1. The second kappa shape index (κ2) is 5.57. The Bertz CT molecular complexity index is 287. The highest BCUT2D eigenvalue weighted by Crippen LogP contribution is 2.23. The molecule has 0 spiro atoms. The molecule has 4 nitrogen and oxygen atoms in total. The Morgan fingerprint density at radius 3 is 2.00 bits per heavy atom. The van der Waals surface area contributed by atoms with Crippen LogP contribution in [0.2, 0.25) is 0 Å². The molecule has 0 saturated carbocycles. The first-order valence-electron chi connectivity index (χ1n) is 6.90. The third-order valence-electron chi connectivity index (χ3n) is 3.73. The second-order valence-electron chi connectivity index (χ2n) is 6.62. The summed E-state index contributed by atoms with van der Waals surface area (Å²) in [4.78, 5) is 16.5. The largest absolute Gasteiger partial charge is 0.389 e. The van der Waals surface area contributed by atoms with E-state index in [2.05, 4.69) is 11.8 Å². The first-order valence-corrected chi connectivity index (χ1v) is 6.90. The molecule has 0 bridgehead atoms. The lowest BCUT2D eigenvalue weighted by Gasteiger charge is -2.40. The number of aliphatic hydroxyl groups is 1. The number of hydrogen-bond donors (Lipinski definition) is 1. The number of rotatable bonds is 4. The van der Waals surface area contributed by atoms with E-state index in [0.717, 1.165) is 32.6 Å². The Morgan fingerprint density at radius 2 is 1.61 bits per heavy atom. The van der Waals surface area contributed by atoms with Gasteiger partial charge in [-0.3, -0.25) is 9.69 Å². The standard InChI is InChI=1S/C14H28N2O2/c1-6-13(2,3)12(17)16-9-7-15(8-10-16)11-14(4,5)18/h18H,6-11H2,1-5H3. The highest BCUT2D eigenvalue weighted by molar-refractivity contribution is 5.82. The quantitative estimate of drug-likeness (QED) is 0.825. The van der Waals surface area contributed by atoms with Gasteiger partial charge < -0.3 is 10.0 Å². The van der Waals surface area contributed by atoms with E-state index in [4.69, 9.17) is 0 Å². The molecule has 1 rings (SSSR count). The Kier molecular flexibility index (Phi) is 4.78. The smallest absolute Gasteiger partial charge is 0.228 e. The molecule has 1 amide bonds. The fourth-order valence-corrected chi connectivity index (χ4v) is 2.24. The fraction of sp³-hybridized carbons (Fsp3) is 0.929. The molecule has 1 aliphatic heterocycles. The average molecular weight is 256 g/mol. The van der Waals surface area contributed by atoms with Gasteiger partial charge in [0, 0.05) is 38.1 Å². The van der Waals surface area contributed by atoms with Crippen molar-refractivity contribution in [3.05, 3.63) is 0 Å². The van der Waals surface area contributed by atoms with Gasteiger partial charge in [0.2, 0.25) is 5.91 Å². The number of β-amino-alcohol motifs (C(OH)–C–C–N with tert-alkyl or cyclic N) is 1. The summed E-state index contributed by atoms with van der Waals surface area (Å²) in [5, 5.41) is 9.79. The van der Waals surface area contributed by atoms with Gasteiger partial charge in [-0.25, -0.2) is 0 Å². The maximum Gasteiger partial charge on any atom is 0.228 e. The molecule has 0 aliphatic carbocycles. The van der Waals surface area contributed by atoms with Crippen LogP contribution in [0.5, 0.6) is 0 Å². The normalized spacial score (nSPS) is 19.1. The lowest BCUT2D eigenvalue weighted by molar-refractivity contribution is -0.142. The van der Waals surface area contributed by atoms with Gasteiger partial charge in [0.1, 0.15) is 0 Å². The van der Waals surface area contributed by atoms with Crippen molar-refractivity contribution in [2.45, 2.75) is 46.6 Å². The zero-order valence-electron chi connectivity index (χ0n) is 12.5. The summed E-state index contributed by atoms with van der Waals surface area (Å²) in [5.74, 6) is 0.257. The molecule has 1 N–H and O–H groups in total. The summed E-state index contributed by atoms with van der Waals surface area (Å²) in [6, 6.07) is 0. The maximum absolute atomic E-state index is 12.3. The van der Waals surface area contributed by atoms with Gasteiger partial charge in [-0.2, -0.15) is 0 Å². The van der Waals surface area contributed by atoms with Crippen LogP contribution in [0, 0.1) is 5.41 Å². The van der Waals surface area contributed by atoms with Crippen LogP contribution in [0.3, 0.4) is 0 Å². The summed E-state index contributed by atoms with van der Waals surface area (Å²) in [6.07, 6.45) is 0.871. The van der Waals surface area contributed by atoms with Crippen molar-refractivity contribution in [3.63, 3.8) is 0 Å². The topological polar surface area (TPSA) is 43.8 Å². The van der Waals surface area contributed by atoms with Crippen molar-refractivity contribution in [2.75, 3.05) is 32.7 Å². The van der Waals surface area contributed by atoms with E-state index in [9.17, 15) is 9.90 Å². The van der Waals surface area contributed by atoms with Gasteiger partial charge in [0.25, 0.3) is 0 Å². The van der Waals surface area contributed by atoms with Gasteiger partial charge in [0.15, 0.2) is 0 Å². The number of nitrogens with zero attached hydrogens (tertiary/aromatic N) is 2. The summed E-state index contributed by atoms with van der Waals surface area (Å²) in [7, 11) is 0. The van der Waals surface area contributed by atoms with Gasteiger partial charge >= 0.3 is 0 Å². The summed E-state index contributed by atoms with van der Waals surface area (Å²) in [5.41, 5.74) is -0.909. The second-order valence-corrected chi connectivity index (χ2v) is 6.62. The van der Waals surface area contributed by atoms with Crippen LogP contribution < -0.4 is 0 Å². The van der Waals surface area contributed by atoms with Gasteiger partial charge in [-0.15, -0.1) is 0 Å². The molecule has 0 aromatic carbocycles. The van der Waals surface area contributed by atoms with Crippen molar-refractivity contribution < 1.29 is 9.90 Å². The van der Waals surface area contributed by atoms with Gasteiger partial charge in [-0.1, -0.05) is 20.8 Å². The zero-order chi connectivity index (χ0) is 14.0. The van der Waals surface area contributed by atoms with Crippen molar-refractivity contribution in [3.8, 4) is 0 Å². The molecule has 1 fully saturated rings. The fourth-order valence-electron chi connectivity index (χ4n) is 2.24. The molecule has 0 aromatic heterocycles. The van der Waals surface area contributed by atoms with Crippen molar-refractivity contribution in [1.29, 1.82) is 0 Å². The molecule has 4 heteroatoms. The van der Waals surface area contributed by atoms with Crippen LogP contribution in [0.25, 0.3) is 0 Å². The molecule has 1 aliphatic rings. The number of piperazine rings is 1. The number of carbonyl (C=O) groups excluding carboxylic acids is 1. The van der Waals surface area contributed by atoms with E-state index in [0.29, 0.717) is 6.54 Å². The van der Waals surface area contributed by atoms with Crippen LogP contribution in [0.15, 0.2) is 0 Å². The first kappa shape index (κ1) is 15.4. The average Bonchev–Trinajstić information content (AvgIpc) is 2.27. The predicted octanol–water partition coefficient (Wildman–Crippen LogP) is 1.34. The lowest BCUT2D eigenvalue weighted by atomic mass is 9.88. The van der Waals surface area contributed by atoms with Crippen molar-refractivity contribution in [1.82, 2.24) is 9.80 Å². The Hall–Kier alpha value is -0.610. The third kappa shape index (κ3) is 4.25. The van der Waals surface area contributed by atoms with Crippen LogP contribution >= 0.6 is 0 Å². The van der Waals surface area contributed by atoms with Crippen LogP contribution in [0.1, 0.15) is 41.0 Å². The summed E-state index contributed by atoms with van der Waals surface area (Å²) in [6.45, 7) is 13.7. The molecule has 0 unspecified atom stereocenters. The molecule has 1 saturated heterocycles. The van der Waals surface area contributed by atoms with E-state index < -0.39 is 5.60 Å². The lowest BCUT2D eigenvalue weighted by Crippen LogP contribution is -2.54. The van der Waals surface area contributed by atoms with E-state index in [1.165, 1.54) is 0 Å². The van der Waals surface area contributed by atoms with Gasteiger partial charge in [0.05, 0.1) is 5.60 Å². The Labute approximate surface area is 111 Å².